The van der Waals surface area contributed by atoms with Gasteiger partial charge in [-0.2, -0.15) is 0 Å². The van der Waals surface area contributed by atoms with Crippen LogP contribution in [-0.4, -0.2) is 40.1 Å². The van der Waals surface area contributed by atoms with Gasteiger partial charge in [-0.3, -0.25) is 4.79 Å². The number of imidazole rings is 1. The fraction of sp³-hybridized carbons (Fsp3) is 0.300. The van der Waals surface area contributed by atoms with E-state index in [-0.39, 0.29) is 12.7 Å². The van der Waals surface area contributed by atoms with Crippen LogP contribution in [0.2, 0.25) is 0 Å². The molecule has 7 heteroatoms. The molecule has 1 unspecified atom stereocenters. The molecule has 140 valence electrons. The molecule has 2 aromatic heterocycles. The van der Waals surface area contributed by atoms with Crippen molar-refractivity contribution < 1.29 is 19.0 Å². The third-order valence-corrected chi connectivity index (χ3v) is 4.60. The van der Waals surface area contributed by atoms with Gasteiger partial charge in [0.2, 0.25) is 6.79 Å². The minimum atomic E-state index is -0.630. The first-order valence-electron chi connectivity index (χ1n) is 8.77. The first-order valence-corrected chi connectivity index (χ1v) is 8.77. The monoisotopic (exact) mass is 367 g/mol. The van der Waals surface area contributed by atoms with E-state index < -0.39 is 6.10 Å². The highest BCUT2D eigenvalue weighted by Gasteiger charge is 2.22. The Labute approximate surface area is 157 Å². The lowest BCUT2D eigenvalue weighted by Crippen LogP contribution is -2.37. The van der Waals surface area contributed by atoms with Gasteiger partial charge in [-0.25, -0.2) is 4.98 Å². The number of ether oxygens (including phenoxy) is 3. The first kappa shape index (κ1) is 17.2. The third-order valence-electron chi connectivity index (χ3n) is 4.60. The molecule has 0 aliphatic carbocycles. The van der Waals surface area contributed by atoms with E-state index in [1.807, 2.05) is 35.7 Å². The van der Waals surface area contributed by atoms with Gasteiger partial charge >= 0.3 is 0 Å². The second kappa shape index (κ2) is 6.83. The molecule has 3 aromatic rings. The van der Waals surface area contributed by atoms with Crippen LogP contribution >= 0.6 is 0 Å². The molecule has 0 N–H and O–H groups in total. The fourth-order valence-electron chi connectivity index (χ4n) is 3.17. The van der Waals surface area contributed by atoms with E-state index in [0.29, 0.717) is 23.8 Å². The molecule has 27 heavy (non-hydrogen) atoms. The van der Waals surface area contributed by atoms with Crippen molar-refractivity contribution >= 4 is 11.6 Å². The van der Waals surface area contributed by atoms with Crippen molar-refractivity contribution in [1.82, 2.24) is 14.3 Å². The number of fused-ring (bicyclic) bond motifs is 2. The largest absolute Gasteiger partial charge is 0.481 e. The molecule has 0 saturated heterocycles. The maximum absolute atomic E-state index is 12.8. The van der Waals surface area contributed by atoms with Crippen molar-refractivity contribution in [2.24, 2.45) is 0 Å². The zero-order chi connectivity index (χ0) is 19.0. The topological polar surface area (TPSA) is 65.3 Å². The van der Waals surface area contributed by atoms with Gasteiger partial charge in [0.1, 0.15) is 11.4 Å². The summed E-state index contributed by atoms with van der Waals surface area (Å²) in [6.07, 6.45) is 1.32. The van der Waals surface area contributed by atoms with Crippen LogP contribution < -0.4 is 14.2 Å². The number of rotatable bonds is 5. The summed E-state index contributed by atoms with van der Waals surface area (Å²) < 4.78 is 18.4. The Morgan fingerprint density at radius 1 is 1.30 bits per heavy atom. The highest BCUT2D eigenvalue weighted by atomic mass is 16.7. The molecule has 0 fully saturated rings. The Morgan fingerprint density at radius 3 is 2.96 bits per heavy atom. The Morgan fingerprint density at radius 2 is 2.11 bits per heavy atom. The quantitative estimate of drug-likeness (QED) is 0.694. The van der Waals surface area contributed by atoms with Gasteiger partial charge in [0.25, 0.3) is 5.91 Å². The molecule has 1 aliphatic rings. The number of aryl methyl sites for hydroxylation is 1. The molecule has 1 amide bonds. The fourth-order valence-corrected chi connectivity index (χ4v) is 3.17. The number of carbonyl (C=O) groups is 1. The standard InChI is InChI=1S/C20H21N3O4/c1-13-16(23-9-5-4-6-19(23)21-13)11-22(3)20(24)14(2)27-15-7-8-17-18(10-15)26-12-25-17/h4-10,14H,11-12H2,1-3H3. The maximum Gasteiger partial charge on any atom is 0.263 e. The minimum absolute atomic E-state index is 0.113. The van der Waals surface area contributed by atoms with Gasteiger partial charge in [-0.15, -0.1) is 0 Å². The van der Waals surface area contributed by atoms with Gasteiger partial charge < -0.3 is 23.5 Å². The zero-order valence-corrected chi connectivity index (χ0v) is 15.5. The minimum Gasteiger partial charge on any atom is -0.481 e. The molecule has 1 atom stereocenters. The number of hydrogen-bond donors (Lipinski definition) is 0. The summed E-state index contributed by atoms with van der Waals surface area (Å²) in [6, 6.07) is 11.1. The summed E-state index contributed by atoms with van der Waals surface area (Å²) >= 11 is 0. The number of likely N-dealkylation sites (N-methyl/N-ethyl adjacent to an activating group) is 1. The predicted molar refractivity (Wildman–Crippen MR) is 99.1 cm³/mol. The lowest BCUT2D eigenvalue weighted by Gasteiger charge is -2.22. The number of carbonyl (C=O) groups excluding carboxylic acids is 1. The number of aromatic nitrogens is 2. The Balaban J connectivity index is 1.46. The Kier molecular flexibility index (Phi) is 4.35. The van der Waals surface area contributed by atoms with Crippen LogP contribution in [0.4, 0.5) is 0 Å². The molecular formula is C20H21N3O4. The van der Waals surface area contributed by atoms with Gasteiger partial charge in [0.15, 0.2) is 17.6 Å². The lowest BCUT2D eigenvalue weighted by atomic mass is 10.2. The van der Waals surface area contributed by atoms with E-state index in [2.05, 4.69) is 4.98 Å². The van der Waals surface area contributed by atoms with Crippen LogP contribution in [0, 0.1) is 6.92 Å². The van der Waals surface area contributed by atoms with Crippen molar-refractivity contribution in [3.05, 3.63) is 54.0 Å². The van der Waals surface area contributed by atoms with E-state index in [9.17, 15) is 4.79 Å². The molecule has 0 radical (unpaired) electrons. The number of hydrogen-bond acceptors (Lipinski definition) is 5. The highest BCUT2D eigenvalue weighted by Crippen LogP contribution is 2.35. The summed E-state index contributed by atoms with van der Waals surface area (Å²) in [5, 5.41) is 0. The van der Waals surface area contributed by atoms with E-state index in [1.165, 1.54) is 0 Å². The molecule has 0 bridgehead atoms. The van der Waals surface area contributed by atoms with Crippen molar-refractivity contribution in [3.63, 3.8) is 0 Å². The maximum atomic E-state index is 12.8. The Hall–Kier alpha value is -3.22. The molecule has 0 saturated carbocycles. The summed E-state index contributed by atoms with van der Waals surface area (Å²) in [4.78, 5) is 19.0. The van der Waals surface area contributed by atoms with Crippen LogP contribution in [0.15, 0.2) is 42.6 Å². The number of nitrogens with zero attached hydrogens (tertiary/aromatic N) is 3. The average molecular weight is 367 g/mol. The molecule has 7 nitrogen and oxygen atoms in total. The average Bonchev–Trinajstić information content (AvgIpc) is 3.25. The summed E-state index contributed by atoms with van der Waals surface area (Å²) in [7, 11) is 1.77. The first-order chi connectivity index (χ1) is 13.0. The number of pyridine rings is 1. The lowest BCUT2D eigenvalue weighted by molar-refractivity contribution is -0.137. The highest BCUT2D eigenvalue weighted by molar-refractivity contribution is 5.80. The zero-order valence-electron chi connectivity index (χ0n) is 15.5. The third kappa shape index (κ3) is 3.28. The van der Waals surface area contributed by atoms with E-state index >= 15 is 0 Å². The van der Waals surface area contributed by atoms with Crippen molar-refractivity contribution in [2.75, 3.05) is 13.8 Å². The SMILES string of the molecule is Cc1nc2ccccn2c1CN(C)C(=O)C(C)Oc1ccc2c(c1)OCO2. The van der Waals surface area contributed by atoms with Crippen LogP contribution in [0.1, 0.15) is 18.3 Å². The number of amides is 1. The van der Waals surface area contributed by atoms with Crippen molar-refractivity contribution in [3.8, 4) is 17.2 Å². The molecule has 1 aromatic carbocycles. The van der Waals surface area contributed by atoms with E-state index in [1.54, 1.807) is 37.1 Å². The van der Waals surface area contributed by atoms with Crippen LogP contribution in [0.3, 0.4) is 0 Å². The van der Waals surface area contributed by atoms with Crippen LogP contribution in [0.25, 0.3) is 5.65 Å². The second-order valence-electron chi connectivity index (χ2n) is 6.54. The van der Waals surface area contributed by atoms with Crippen LogP contribution in [0.5, 0.6) is 17.2 Å². The summed E-state index contributed by atoms with van der Waals surface area (Å²) in [6.45, 7) is 4.34. The molecule has 0 spiro atoms. The normalized spacial score (nSPS) is 13.6. The summed E-state index contributed by atoms with van der Waals surface area (Å²) in [5.41, 5.74) is 2.76. The van der Waals surface area contributed by atoms with Gasteiger partial charge in [0.05, 0.1) is 17.9 Å². The molecular weight excluding hydrogens is 346 g/mol. The Bertz CT molecular complexity index is 998. The van der Waals surface area contributed by atoms with Gasteiger partial charge in [-0.05, 0) is 38.1 Å². The second-order valence-corrected chi connectivity index (χ2v) is 6.54. The number of benzene rings is 1. The van der Waals surface area contributed by atoms with Crippen molar-refractivity contribution in [2.45, 2.75) is 26.5 Å². The van der Waals surface area contributed by atoms with Crippen molar-refractivity contribution in [1.29, 1.82) is 0 Å². The van der Waals surface area contributed by atoms with Crippen LogP contribution in [-0.2, 0) is 11.3 Å². The van der Waals surface area contributed by atoms with E-state index in [0.717, 1.165) is 17.0 Å². The van der Waals surface area contributed by atoms with E-state index in [4.69, 9.17) is 14.2 Å². The predicted octanol–water partition coefficient (Wildman–Crippen LogP) is 2.80. The van der Waals surface area contributed by atoms with Gasteiger partial charge in [0, 0.05) is 19.3 Å². The van der Waals surface area contributed by atoms with Gasteiger partial charge in [-0.1, -0.05) is 6.07 Å². The molecule has 3 heterocycles. The molecule has 4 rings (SSSR count). The smallest absolute Gasteiger partial charge is 0.263 e. The summed E-state index contributed by atoms with van der Waals surface area (Å²) in [5.74, 6) is 1.76. The molecule has 1 aliphatic heterocycles.